The van der Waals surface area contributed by atoms with Crippen molar-refractivity contribution < 1.29 is 4.74 Å². The van der Waals surface area contributed by atoms with E-state index in [2.05, 4.69) is 15.3 Å². The van der Waals surface area contributed by atoms with Crippen LogP contribution in [0.2, 0.25) is 0 Å². The van der Waals surface area contributed by atoms with Crippen LogP contribution < -0.4 is 0 Å². The van der Waals surface area contributed by atoms with Crippen LogP contribution >= 0.6 is 11.3 Å². The predicted octanol–water partition coefficient (Wildman–Crippen LogP) is 2.14. The van der Waals surface area contributed by atoms with E-state index in [0.717, 1.165) is 31.7 Å². The molecule has 1 atom stereocenters. The fourth-order valence-corrected chi connectivity index (χ4v) is 2.91. The van der Waals surface area contributed by atoms with Gasteiger partial charge in [0, 0.05) is 31.1 Å². The fraction of sp³-hybridized carbons (Fsp3) is 0.750. The van der Waals surface area contributed by atoms with Crippen molar-refractivity contribution >= 4 is 11.3 Å². The number of nitrogens with zero attached hydrogens (tertiary/aromatic N) is 2. The highest BCUT2D eigenvalue weighted by molar-refractivity contribution is 7.07. The third kappa shape index (κ3) is 2.62. The second-order valence-electron chi connectivity index (χ2n) is 4.87. The lowest BCUT2D eigenvalue weighted by molar-refractivity contribution is 0.161. The molecular weight excluding hydrogens is 220 g/mol. The Bertz CT molecular complexity index is 318. The van der Waals surface area contributed by atoms with Gasteiger partial charge in [-0.05, 0) is 25.2 Å². The average molecular weight is 238 g/mol. The molecule has 1 saturated heterocycles. The predicted molar refractivity (Wildman–Crippen MR) is 64.5 cm³/mol. The van der Waals surface area contributed by atoms with Gasteiger partial charge in [-0.15, -0.1) is 11.3 Å². The minimum Gasteiger partial charge on any atom is -0.381 e. The first-order valence-electron chi connectivity index (χ1n) is 6.10. The second-order valence-corrected chi connectivity index (χ2v) is 5.59. The Kier molecular flexibility index (Phi) is 3.22. The molecule has 0 unspecified atom stereocenters. The summed E-state index contributed by atoms with van der Waals surface area (Å²) in [6, 6.07) is 0.822. The maximum Gasteiger partial charge on any atom is 0.0795 e. The van der Waals surface area contributed by atoms with Crippen LogP contribution in [0.5, 0.6) is 0 Å². The van der Waals surface area contributed by atoms with Crippen LogP contribution in [0.4, 0.5) is 0 Å². The Hall–Kier alpha value is -0.450. The molecular formula is C12H18N2OS. The molecule has 0 bridgehead atoms. The summed E-state index contributed by atoms with van der Waals surface area (Å²) in [5.41, 5.74) is 3.16. The summed E-state index contributed by atoms with van der Waals surface area (Å²) in [6.45, 7) is 4.15. The Morgan fingerprint density at radius 1 is 1.44 bits per heavy atom. The van der Waals surface area contributed by atoms with Gasteiger partial charge in [0.2, 0.25) is 0 Å². The number of ether oxygens (including phenoxy) is 1. The van der Waals surface area contributed by atoms with E-state index in [-0.39, 0.29) is 0 Å². The first-order valence-corrected chi connectivity index (χ1v) is 7.05. The monoisotopic (exact) mass is 238 g/mol. The van der Waals surface area contributed by atoms with E-state index in [0.29, 0.717) is 0 Å². The summed E-state index contributed by atoms with van der Waals surface area (Å²) >= 11 is 1.69. The molecule has 2 heterocycles. The number of thiazole rings is 1. The Morgan fingerprint density at radius 2 is 2.38 bits per heavy atom. The molecule has 4 heteroatoms. The molecule has 2 fully saturated rings. The van der Waals surface area contributed by atoms with Crippen molar-refractivity contribution in [1.82, 2.24) is 9.88 Å². The van der Waals surface area contributed by atoms with Crippen LogP contribution in [-0.4, -0.2) is 35.7 Å². The molecule has 3 rings (SSSR count). The lowest BCUT2D eigenvalue weighted by atomic mass is 10.1. The van der Waals surface area contributed by atoms with Gasteiger partial charge in [0.05, 0.1) is 17.8 Å². The minimum atomic E-state index is 0.749. The summed E-state index contributed by atoms with van der Waals surface area (Å²) in [4.78, 5) is 6.99. The first-order chi connectivity index (χ1) is 7.92. The van der Waals surface area contributed by atoms with Crippen molar-refractivity contribution in [2.24, 2.45) is 5.92 Å². The molecule has 1 aliphatic heterocycles. The van der Waals surface area contributed by atoms with E-state index in [1.165, 1.54) is 31.5 Å². The fourth-order valence-electron chi connectivity index (χ4n) is 2.37. The van der Waals surface area contributed by atoms with Crippen LogP contribution in [0.1, 0.15) is 25.0 Å². The molecule has 0 amide bonds. The topological polar surface area (TPSA) is 25.4 Å². The third-order valence-electron chi connectivity index (χ3n) is 3.43. The van der Waals surface area contributed by atoms with Crippen LogP contribution in [0, 0.1) is 5.92 Å². The quantitative estimate of drug-likeness (QED) is 0.786. The zero-order valence-corrected chi connectivity index (χ0v) is 10.3. The van der Waals surface area contributed by atoms with Crippen molar-refractivity contribution in [3.8, 4) is 0 Å². The normalized spacial score (nSPS) is 25.4. The summed E-state index contributed by atoms with van der Waals surface area (Å²) in [7, 11) is 0. The van der Waals surface area contributed by atoms with Crippen LogP contribution in [0.25, 0.3) is 0 Å². The molecule has 1 aliphatic carbocycles. The Labute approximate surface area is 100 Å². The summed E-state index contributed by atoms with van der Waals surface area (Å²) in [6.07, 6.45) is 3.98. The molecule has 1 saturated carbocycles. The molecule has 0 spiro atoms. The van der Waals surface area contributed by atoms with E-state index in [4.69, 9.17) is 4.74 Å². The maximum absolute atomic E-state index is 5.45. The minimum absolute atomic E-state index is 0.749. The van der Waals surface area contributed by atoms with Gasteiger partial charge in [-0.2, -0.15) is 0 Å². The Balaban J connectivity index is 1.57. The highest BCUT2D eigenvalue weighted by atomic mass is 32.1. The van der Waals surface area contributed by atoms with Gasteiger partial charge in [0.25, 0.3) is 0 Å². The summed E-state index contributed by atoms with van der Waals surface area (Å²) in [5, 5.41) is 2.17. The SMILES string of the molecule is c1nc(CN(C[C@H]2CCOC2)C2CC2)cs1. The molecule has 0 radical (unpaired) electrons. The smallest absolute Gasteiger partial charge is 0.0795 e. The lowest BCUT2D eigenvalue weighted by Crippen LogP contribution is -2.31. The molecule has 1 aromatic heterocycles. The standard InChI is InChI=1S/C12H18N2OS/c1-2-12(1)14(5-10-3-4-15-7-10)6-11-8-16-9-13-11/h8-10,12H,1-7H2/t10-/m1/s1. The molecule has 16 heavy (non-hydrogen) atoms. The third-order valence-corrected chi connectivity index (χ3v) is 4.06. The van der Waals surface area contributed by atoms with Gasteiger partial charge in [-0.3, -0.25) is 4.90 Å². The molecule has 88 valence electrons. The zero-order valence-electron chi connectivity index (χ0n) is 9.47. The molecule has 0 aromatic carbocycles. The Morgan fingerprint density at radius 3 is 3.00 bits per heavy atom. The number of hydrogen-bond donors (Lipinski definition) is 0. The van der Waals surface area contributed by atoms with Crippen molar-refractivity contribution in [2.75, 3.05) is 19.8 Å². The molecule has 1 aromatic rings. The van der Waals surface area contributed by atoms with Crippen molar-refractivity contribution in [1.29, 1.82) is 0 Å². The average Bonchev–Trinajstić information content (AvgIpc) is 2.79. The molecule has 2 aliphatic rings. The lowest BCUT2D eigenvalue weighted by Gasteiger charge is -2.23. The number of rotatable bonds is 5. The molecule has 3 nitrogen and oxygen atoms in total. The highest BCUT2D eigenvalue weighted by Crippen LogP contribution is 2.30. The van der Waals surface area contributed by atoms with Crippen molar-refractivity contribution in [2.45, 2.75) is 31.8 Å². The summed E-state index contributed by atoms with van der Waals surface area (Å²) in [5.74, 6) is 0.749. The van der Waals surface area contributed by atoms with Crippen molar-refractivity contribution in [3.05, 3.63) is 16.6 Å². The van der Waals surface area contributed by atoms with Gasteiger partial charge >= 0.3 is 0 Å². The highest BCUT2D eigenvalue weighted by Gasteiger charge is 2.31. The van der Waals surface area contributed by atoms with E-state index >= 15 is 0 Å². The van der Waals surface area contributed by atoms with Crippen LogP contribution in [0.15, 0.2) is 10.9 Å². The maximum atomic E-state index is 5.45. The van der Waals surface area contributed by atoms with E-state index < -0.39 is 0 Å². The van der Waals surface area contributed by atoms with Crippen LogP contribution in [0.3, 0.4) is 0 Å². The van der Waals surface area contributed by atoms with Gasteiger partial charge in [-0.1, -0.05) is 0 Å². The summed E-state index contributed by atoms with van der Waals surface area (Å²) < 4.78 is 5.45. The largest absolute Gasteiger partial charge is 0.381 e. The number of hydrogen-bond acceptors (Lipinski definition) is 4. The van der Waals surface area contributed by atoms with Gasteiger partial charge in [-0.25, -0.2) is 4.98 Å². The number of aromatic nitrogens is 1. The van der Waals surface area contributed by atoms with E-state index in [1.807, 2.05) is 5.51 Å². The molecule has 0 N–H and O–H groups in total. The van der Waals surface area contributed by atoms with E-state index in [9.17, 15) is 0 Å². The van der Waals surface area contributed by atoms with E-state index in [1.54, 1.807) is 11.3 Å². The zero-order chi connectivity index (χ0) is 10.8. The van der Waals surface area contributed by atoms with Gasteiger partial charge in [0.1, 0.15) is 0 Å². The van der Waals surface area contributed by atoms with Crippen LogP contribution in [-0.2, 0) is 11.3 Å². The second kappa shape index (κ2) is 4.82. The van der Waals surface area contributed by atoms with Crippen molar-refractivity contribution in [3.63, 3.8) is 0 Å². The van der Waals surface area contributed by atoms with Gasteiger partial charge in [0.15, 0.2) is 0 Å². The first kappa shape index (κ1) is 10.7. The van der Waals surface area contributed by atoms with Gasteiger partial charge < -0.3 is 4.74 Å².